The van der Waals surface area contributed by atoms with Crippen molar-refractivity contribution in [2.24, 2.45) is 0 Å². The van der Waals surface area contributed by atoms with E-state index in [0.29, 0.717) is 0 Å². The van der Waals surface area contributed by atoms with Gasteiger partial charge in [-0.25, -0.2) is 4.98 Å². The van der Waals surface area contributed by atoms with Crippen LogP contribution in [0.25, 0.3) is 44.5 Å². The van der Waals surface area contributed by atoms with Crippen molar-refractivity contribution in [2.75, 3.05) is 10.2 Å². The first-order chi connectivity index (χ1) is 23.5. The van der Waals surface area contributed by atoms with Crippen molar-refractivity contribution in [1.82, 2.24) is 9.97 Å². The van der Waals surface area contributed by atoms with Crippen LogP contribution in [0.15, 0.2) is 158 Å². The van der Waals surface area contributed by atoms with E-state index in [1.807, 2.05) is 30.7 Å². The summed E-state index contributed by atoms with van der Waals surface area (Å²) in [6, 6.07) is 50.1. The predicted molar refractivity (Wildman–Crippen MR) is 197 cm³/mol. The Hall–Kier alpha value is -6.00. The first kappa shape index (κ1) is 28.2. The van der Waals surface area contributed by atoms with Crippen molar-refractivity contribution in [2.45, 2.75) is 25.4 Å². The zero-order valence-electron chi connectivity index (χ0n) is 26.9. The first-order valence-electron chi connectivity index (χ1n) is 16.5. The molecule has 0 saturated heterocycles. The lowest BCUT2D eigenvalue weighted by atomic mass is 9.82. The molecule has 0 saturated carbocycles. The molecule has 9 rings (SSSR count). The molecular formula is C44H34N4. The van der Waals surface area contributed by atoms with Crippen LogP contribution in [0.1, 0.15) is 36.7 Å². The van der Waals surface area contributed by atoms with Gasteiger partial charge in [0.05, 0.1) is 5.69 Å². The number of benzene rings is 5. The number of rotatable bonds is 5. The third kappa shape index (κ3) is 4.60. The number of para-hydroxylation sites is 1. The molecule has 48 heavy (non-hydrogen) atoms. The monoisotopic (exact) mass is 618 g/mol. The number of aromatic nitrogens is 2. The van der Waals surface area contributed by atoms with Gasteiger partial charge in [-0.15, -0.1) is 0 Å². The molecule has 5 aromatic carbocycles. The summed E-state index contributed by atoms with van der Waals surface area (Å²) < 4.78 is 0. The van der Waals surface area contributed by atoms with Gasteiger partial charge in [0.25, 0.3) is 0 Å². The van der Waals surface area contributed by atoms with E-state index in [1.165, 1.54) is 33.4 Å². The van der Waals surface area contributed by atoms with Gasteiger partial charge < -0.3 is 5.32 Å². The largest absolute Gasteiger partial charge is 0.358 e. The van der Waals surface area contributed by atoms with Gasteiger partial charge in [-0.05, 0) is 98.6 Å². The molecule has 4 heteroatoms. The van der Waals surface area contributed by atoms with Crippen molar-refractivity contribution in [3.63, 3.8) is 0 Å². The van der Waals surface area contributed by atoms with Crippen LogP contribution < -0.4 is 10.2 Å². The fourth-order valence-corrected chi connectivity index (χ4v) is 7.55. The smallest absolute Gasteiger partial charge is 0.158 e. The minimum Gasteiger partial charge on any atom is -0.358 e. The first-order valence-corrected chi connectivity index (χ1v) is 16.5. The van der Waals surface area contributed by atoms with E-state index >= 15 is 0 Å². The molecule has 0 spiro atoms. The van der Waals surface area contributed by atoms with Crippen molar-refractivity contribution < 1.29 is 0 Å². The Labute approximate surface area is 281 Å². The van der Waals surface area contributed by atoms with Crippen molar-refractivity contribution >= 4 is 17.2 Å². The molecule has 4 nitrogen and oxygen atoms in total. The summed E-state index contributed by atoms with van der Waals surface area (Å²) in [7, 11) is 0. The maximum absolute atomic E-state index is 5.06. The molecule has 230 valence electrons. The highest BCUT2D eigenvalue weighted by molar-refractivity contribution is 5.87. The van der Waals surface area contributed by atoms with Gasteiger partial charge >= 0.3 is 0 Å². The van der Waals surface area contributed by atoms with Crippen LogP contribution in [-0.2, 0) is 5.41 Å². The van der Waals surface area contributed by atoms with E-state index < -0.39 is 0 Å². The molecule has 7 aromatic rings. The number of hydrogen-bond donors (Lipinski definition) is 1. The molecule has 0 amide bonds. The molecule has 1 N–H and O–H groups in total. The number of fused-ring (bicyclic) bond motifs is 4. The van der Waals surface area contributed by atoms with E-state index in [0.717, 1.165) is 45.0 Å². The molecule has 1 aliphatic carbocycles. The lowest BCUT2D eigenvalue weighted by Crippen LogP contribution is -2.24. The van der Waals surface area contributed by atoms with Crippen LogP contribution in [0.4, 0.5) is 17.2 Å². The van der Waals surface area contributed by atoms with E-state index in [9.17, 15) is 0 Å². The van der Waals surface area contributed by atoms with Gasteiger partial charge in [0, 0.05) is 40.8 Å². The average molecular weight is 619 g/mol. The molecule has 0 radical (unpaired) electrons. The van der Waals surface area contributed by atoms with Crippen LogP contribution in [0.2, 0.25) is 0 Å². The fraction of sp³-hybridized carbons (Fsp3) is 0.0909. The van der Waals surface area contributed by atoms with Crippen LogP contribution in [0.5, 0.6) is 0 Å². The number of nitrogens with one attached hydrogen (secondary N) is 1. The van der Waals surface area contributed by atoms with Gasteiger partial charge in [-0.1, -0.05) is 105 Å². The van der Waals surface area contributed by atoms with Gasteiger partial charge in [0.15, 0.2) is 5.82 Å². The van der Waals surface area contributed by atoms with Gasteiger partial charge in [-0.3, -0.25) is 9.88 Å². The Balaban J connectivity index is 1.21. The Kier molecular flexibility index (Phi) is 6.51. The van der Waals surface area contributed by atoms with Crippen molar-refractivity contribution in [3.05, 3.63) is 175 Å². The Morgan fingerprint density at radius 3 is 2.06 bits per heavy atom. The van der Waals surface area contributed by atoms with Crippen LogP contribution in [0, 0.1) is 0 Å². The summed E-state index contributed by atoms with van der Waals surface area (Å²) in [6.07, 6.45) is 5.58. The maximum atomic E-state index is 5.06. The highest BCUT2D eigenvalue weighted by Gasteiger charge is 2.36. The zero-order chi connectivity index (χ0) is 32.2. The number of anilines is 3. The predicted octanol–water partition coefficient (Wildman–Crippen LogP) is 11.0. The lowest BCUT2D eigenvalue weighted by molar-refractivity contribution is 0.660. The van der Waals surface area contributed by atoms with E-state index in [2.05, 4.69) is 156 Å². The summed E-state index contributed by atoms with van der Waals surface area (Å²) in [5.41, 5.74) is 15.4. The van der Waals surface area contributed by atoms with Crippen molar-refractivity contribution in [1.29, 1.82) is 0 Å². The summed E-state index contributed by atoms with van der Waals surface area (Å²) in [6.45, 7) is 4.66. The van der Waals surface area contributed by atoms with Gasteiger partial charge in [0.1, 0.15) is 6.17 Å². The molecule has 3 heterocycles. The van der Waals surface area contributed by atoms with E-state index in [1.54, 1.807) is 0 Å². The van der Waals surface area contributed by atoms with Gasteiger partial charge in [-0.2, -0.15) is 0 Å². The lowest BCUT2D eigenvalue weighted by Gasteiger charge is -2.27. The molecule has 1 unspecified atom stereocenters. The minimum absolute atomic E-state index is 0.0332. The number of nitrogens with zero attached hydrogens (tertiary/aromatic N) is 3. The minimum atomic E-state index is -0.176. The topological polar surface area (TPSA) is 41.1 Å². The van der Waals surface area contributed by atoms with Crippen molar-refractivity contribution in [3.8, 4) is 44.5 Å². The average Bonchev–Trinajstić information content (AvgIpc) is 3.64. The van der Waals surface area contributed by atoms with E-state index in [-0.39, 0.29) is 11.6 Å². The zero-order valence-corrected chi connectivity index (χ0v) is 26.9. The summed E-state index contributed by atoms with van der Waals surface area (Å²) >= 11 is 0. The highest BCUT2D eigenvalue weighted by Crippen LogP contribution is 2.50. The highest BCUT2D eigenvalue weighted by atomic mass is 15.4. The Morgan fingerprint density at radius 1 is 0.562 bits per heavy atom. The fourth-order valence-electron chi connectivity index (χ4n) is 7.55. The SMILES string of the molecule is CC1(C)c2ccccc2-c2cc(-c3cc(-c4cccnc4)cc(C4Nc5cc(-c6ccccc6)cnc5N4c4ccccc4)c3)ccc21. The van der Waals surface area contributed by atoms with E-state index in [4.69, 9.17) is 4.98 Å². The summed E-state index contributed by atoms with van der Waals surface area (Å²) in [5, 5.41) is 3.88. The second-order valence-electron chi connectivity index (χ2n) is 13.2. The molecular weight excluding hydrogens is 585 g/mol. The quantitative estimate of drug-likeness (QED) is 0.208. The van der Waals surface area contributed by atoms with Crippen LogP contribution >= 0.6 is 0 Å². The number of pyridine rings is 2. The molecule has 2 aliphatic rings. The third-order valence-corrected chi connectivity index (χ3v) is 9.97. The van der Waals surface area contributed by atoms with Crippen LogP contribution in [0.3, 0.4) is 0 Å². The van der Waals surface area contributed by atoms with Gasteiger partial charge in [0.2, 0.25) is 0 Å². The molecule has 1 aliphatic heterocycles. The Morgan fingerprint density at radius 2 is 1.27 bits per heavy atom. The second kappa shape index (κ2) is 11.1. The maximum Gasteiger partial charge on any atom is 0.158 e. The molecule has 0 fully saturated rings. The third-order valence-electron chi connectivity index (χ3n) is 9.97. The number of hydrogen-bond acceptors (Lipinski definition) is 4. The molecule has 1 atom stereocenters. The standard InChI is InChI=1S/C44H34N4/c1-44(2)39-18-10-9-17-37(39)38-25-30(19-20-40(38)44)32-22-33(31-14-11-21-45-27-31)24-34(23-32)42-47-41-26-35(29-12-5-3-6-13-29)28-46-43(41)48(42)36-15-7-4-8-16-36/h3-28,42,47H,1-2H3. The second-order valence-corrected chi connectivity index (χ2v) is 13.2. The Bertz CT molecular complexity index is 2300. The summed E-state index contributed by atoms with van der Waals surface area (Å²) in [5.74, 6) is 0.913. The van der Waals surface area contributed by atoms with Crippen LogP contribution in [-0.4, -0.2) is 9.97 Å². The summed E-state index contributed by atoms with van der Waals surface area (Å²) in [4.78, 5) is 11.9. The normalized spacial score (nSPS) is 15.4. The molecule has 2 aromatic heterocycles. The molecule has 0 bridgehead atoms.